The molecule has 3 aliphatic heterocycles. The maximum atomic E-state index is 12.9. The van der Waals surface area contributed by atoms with Gasteiger partial charge >= 0.3 is 12.2 Å². The van der Waals surface area contributed by atoms with Gasteiger partial charge in [0.25, 0.3) is 0 Å². The highest BCUT2D eigenvalue weighted by Crippen LogP contribution is 2.36. The van der Waals surface area contributed by atoms with Crippen LogP contribution in [0.25, 0.3) is 0 Å². The van der Waals surface area contributed by atoms with Crippen LogP contribution in [0.15, 0.2) is 35.5 Å². The quantitative estimate of drug-likeness (QED) is 0.427. The van der Waals surface area contributed by atoms with Gasteiger partial charge in [0.1, 0.15) is 18.0 Å². The molecule has 10 heteroatoms. The van der Waals surface area contributed by atoms with Crippen LogP contribution in [0.2, 0.25) is 0 Å². The van der Waals surface area contributed by atoms with Crippen LogP contribution < -0.4 is 4.90 Å². The van der Waals surface area contributed by atoms with Crippen molar-refractivity contribution >= 4 is 29.8 Å². The minimum absolute atomic E-state index is 0.102. The fourth-order valence-corrected chi connectivity index (χ4v) is 5.78. The molecule has 2 fully saturated rings. The molecule has 0 aliphatic carbocycles. The third kappa shape index (κ3) is 5.63. The van der Waals surface area contributed by atoms with Crippen LogP contribution in [0.5, 0.6) is 0 Å². The fraction of sp³-hybridized carbons (Fsp3) is 0.556. The van der Waals surface area contributed by atoms with E-state index in [2.05, 4.69) is 4.90 Å². The van der Waals surface area contributed by atoms with E-state index in [0.29, 0.717) is 24.7 Å². The van der Waals surface area contributed by atoms with Crippen LogP contribution in [0.3, 0.4) is 0 Å². The van der Waals surface area contributed by atoms with E-state index in [1.54, 1.807) is 4.90 Å². The fourth-order valence-electron chi connectivity index (χ4n) is 5.40. The smallest absolute Gasteiger partial charge is 0.410 e. The number of carbonyl (C=O) groups excluding carboxylic acids is 2. The molecule has 0 unspecified atom stereocenters. The first kappa shape index (κ1) is 25.6. The van der Waals surface area contributed by atoms with Crippen LogP contribution in [0.4, 0.5) is 15.4 Å². The average Bonchev–Trinajstić information content (AvgIpc) is 3.15. The summed E-state index contributed by atoms with van der Waals surface area (Å²) < 4.78 is 11.3. The standard InChI is InChI=1S/C27H35N5O4S/c1-27(2,3)36-26(34)32-19-10-11-20(32)15-31(14-19)23-21-12-13-30(16-22(21)28-24(29-23)37-4)25(33)35-17-18-8-6-5-7-9-18/h5-9,19-20H,10-17H2,1-4H3/t19-,20+. The van der Waals surface area contributed by atoms with Crippen molar-refractivity contribution in [2.24, 2.45) is 0 Å². The number of hydrogen-bond acceptors (Lipinski definition) is 8. The molecular weight excluding hydrogens is 490 g/mol. The number of thioether (sulfide) groups is 1. The van der Waals surface area contributed by atoms with E-state index in [4.69, 9.17) is 19.4 Å². The maximum Gasteiger partial charge on any atom is 0.410 e. The van der Waals surface area contributed by atoms with Gasteiger partial charge in [-0.15, -0.1) is 0 Å². The number of rotatable bonds is 4. The van der Waals surface area contributed by atoms with Crippen LogP contribution in [0, 0.1) is 0 Å². The van der Waals surface area contributed by atoms with Crippen molar-refractivity contribution in [3.8, 4) is 0 Å². The van der Waals surface area contributed by atoms with Gasteiger partial charge in [-0.25, -0.2) is 19.6 Å². The number of ether oxygens (including phenoxy) is 2. The number of carbonyl (C=O) groups is 2. The molecular formula is C27H35N5O4S. The van der Waals surface area contributed by atoms with Crippen LogP contribution >= 0.6 is 11.8 Å². The zero-order chi connectivity index (χ0) is 26.2. The Morgan fingerprint density at radius 3 is 2.41 bits per heavy atom. The topological polar surface area (TPSA) is 88.1 Å². The number of nitrogens with zero attached hydrogens (tertiary/aromatic N) is 5. The number of anilines is 1. The Morgan fingerprint density at radius 2 is 1.76 bits per heavy atom. The maximum absolute atomic E-state index is 12.9. The van der Waals surface area contributed by atoms with Gasteiger partial charge in [-0.1, -0.05) is 42.1 Å². The molecule has 1 aromatic carbocycles. The third-order valence-electron chi connectivity index (χ3n) is 7.05. The predicted octanol–water partition coefficient (Wildman–Crippen LogP) is 4.48. The number of aromatic nitrogens is 2. The Balaban J connectivity index is 1.30. The van der Waals surface area contributed by atoms with Crippen molar-refractivity contribution in [2.75, 3.05) is 30.8 Å². The molecule has 1 aromatic heterocycles. The molecule has 4 heterocycles. The highest BCUT2D eigenvalue weighted by Gasteiger charge is 2.45. The number of hydrogen-bond donors (Lipinski definition) is 0. The van der Waals surface area contributed by atoms with Crippen molar-refractivity contribution in [3.63, 3.8) is 0 Å². The van der Waals surface area contributed by atoms with Crippen LogP contribution in [-0.2, 0) is 29.0 Å². The minimum Gasteiger partial charge on any atom is -0.445 e. The van der Waals surface area contributed by atoms with E-state index in [0.717, 1.165) is 48.6 Å². The first-order chi connectivity index (χ1) is 17.7. The van der Waals surface area contributed by atoms with Gasteiger partial charge in [-0.05, 0) is 51.9 Å². The van der Waals surface area contributed by atoms with Gasteiger partial charge in [-0.2, -0.15) is 0 Å². The first-order valence-electron chi connectivity index (χ1n) is 12.9. The SMILES string of the molecule is CSc1nc2c(c(N3C[C@H]4CC[C@@H](C3)N4C(=O)OC(C)(C)C)n1)CCN(C(=O)OCc1ccccc1)C2. The van der Waals surface area contributed by atoms with Crippen molar-refractivity contribution in [2.45, 2.75) is 76.0 Å². The summed E-state index contributed by atoms with van der Waals surface area (Å²) in [5.41, 5.74) is 2.41. The summed E-state index contributed by atoms with van der Waals surface area (Å²) >= 11 is 1.50. The molecule has 0 radical (unpaired) electrons. The highest BCUT2D eigenvalue weighted by atomic mass is 32.2. The zero-order valence-electron chi connectivity index (χ0n) is 22.0. The lowest BCUT2D eigenvalue weighted by atomic mass is 10.0. The molecule has 198 valence electrons. The van der Waals surface area contributed by atoms with Crippen molar-refractivity contribution in [1.29, 1.82) is 0 Å². The van der Waals surface area contributed by atoms with E-state index in [9.17, 15) is 9.59 Å². The number of fused-ring (bicyclic) bond motifs is 3. The summed E-state index contributed by atoms with van der Waals surface area (Å²) in [5, 5.41) is 0.690. The highest BCUT2D eigenvalue weighted by molar-refractivity contribution is 7.98. The first-order valence-corrected chi connectivity index (χ1v) is 14.1. The monoisotopic (exact) mass is 525 g/mol. The molecule has 0 saturated carbocycles. The number of piperazine rings is 1. The Hall–Kier alpha value is -3.01. The normalized spacial score (nSPS) is 21.0. The largest absolute Gasteiger partial charge is 0.445 e. The van der Waals surface area contributed by atoms with E-state index >= 15 is 0 Å². The van der Waals surface area contributed by atoms with Gasteiger partial charge in [0, 0.05) is 25.2 Å². The second-order valence-electron chi connectivity index (χ2n) is 10.8. The molecule has 3 aliphatic rings. The second kappa shape index (κ2) is 10.4. The van der Waals surface area contributed by atoms with Gasteiger partial charge < -0.3 is 19.3 Å². The van der Waals surface area contributed by atoms with Gasteiger partial charge in [-0.3, -0.25) is 4.90 Å². The molecule has 2 aromatic rings. The summed E-state index contributed by atoms with van der Waals surface area (Å²) in [7, 11) is 0. The van der Waals surface area contributed by atoms with Crippen molar-refractivity contribution < 1.29 is 19.1 Å². The van der Waals surface area contributed by atoms with Crippen LogP contribution in [-0.4, -0.2) is 75.5 Å². The summed E-state index contributed by atoms with van der Waals surface area (Å²) in [4.78, 5) is 41.4. The summed E-state index contributed by atoms with van der Waals surface area (Å²) in [5.74, 6) is 0.937. The van der Waals surface area contributed by atoms with Gasteiger partial charge in [0.2, 0.25) is 0 Å². The van der Waals surface area contributed by atoms with Crippen molar-refractivity contribution in [1.82, 2.24) is 19.8 Å². The Kier molecular flexibility index (Phi) is 7.20. The molecule has 2 atom stereocenters. The molecule has 0 spiro atoms. The molecule has 0 N–H and O–H groups in total. The van der Waals surface area contributed by atoms with E-state index < -0.39 is 5.60 Å². The minimum atomic E-state index is -0.513. The molecule has 9 nitrogen and oxygen atoms in total. The van der Waals surface area contributed by atoms with Crippen LogP contribution in [0.1, 0.15) is 50.4 Å². The average molecular weight is 526 g/mol. The summed E-state index contributed by atoms with van der Waals surface area (Å²) in [6.45, 7) is 8.35. The van der Waals surface area contributed by atoms with E-state index in [-0.39, 0.29) is 30.9 Å². The Morgan fingerprint density at radius 1 is 1.05 bits per heavy atom. The number of benzene rings is 1. The Labute approximate surface area is 222 Å². The Bertz CT molecular complexity index is 1140. The van der Waals surface area contributed by atoms with E-state index in [1.165, 1.54) is 11.8 Å². The lowest BCUT2D eigenvalue weighted by Crippen LogP contribution is -2.57. The van der Waals surface area contributed by atoms with Crippen molar-refractivity contribution in [3.05, 3.63) is 47.2 Å². The molecule has 37 heavy (non-hydrogen) atoms. The lowest BCUT2D eigenvalue weighted by Gasteiger charge is -2.42. The summed E-state index contributed by atoms with van der Waals surface area (Å²) in [6.07, 6.45) is 4.00. The van der Waals surface area contributed by atoms with Gasteiger partial charge in [0.05, 0.1) is 24.3 Å². The number of amides is 2. The zero-order valence-corrected chi connectivity index (χ0v) is 22.8. The molecule has 2 amide bonds. The third-order valence-corrected chi connectivity index (χ3v) is 7.60. The van der Waals surface area contributed by atoms with Gasteiger partial charge in [0.15, 0.2) is 5.16 Å². The van der Waals surface area contributed by atoms with E-state index in [1.807, 2.05) is 62.3 Å². The lowest BCUT2D eigenvalue weighted by molar-refractivity contribution is 0.0122. The second-order valence-corrected chi connectivity index (χ2v) is 11.6. The predicted molar refractivity (Wildman–Crippen MR) is 142 cm³/mol. The molecule has 2 saturated heterocycles. The summed E-state index contributed by atoms with van der Waals surface area (Å²) in [6, 6.07) is 9.90. The molecule has 5 rings (SSSR count). The molecule has 2 bridgehead atoms.